The first-order valence-electron chi connectivity index (χ1n) is 7.74. The van der Waals surface area contributed by atoms with Crippen LogP contribution >= 0.6 is 0 Å². The largest absolute Gasteiger partial charge is 0.493 e. The van der Waals surface area contributed by atoms with Crippen molar-refractivity contribution in [2.24, 2.45) is 0 Å². The molecule has 2 aromatic carbocycles. The topological polar surface area (TPSA) is 84.9 Å². The first-order valence-corrected chi connectivity index (χ1v) is 7.74. The predicted octanol–water partition coefficient (Wildman–Crippen LogP) is 3.20. The average molecular weight is 343 g/mol. The van der Waals surface area contributed by atoms with Gasteiger partial charge in [-0.25, -0.2) is 4.79 Å². The molecule has 0 saturated heterocycles. The maximum Gasteiger partial charge on any atom is 0.335 e. The van der Waals surface area contributed by atoms with Crippen LogP contribution in [0, 0.1) is 6.92 Å². The number of hydrogen-bond acceptors (Lipinski definition) is 4. The van der Waals surface area contributed by atoms with Crippen molar-refractivity contribution in [1.82, 2.24) is 5.32 Å². The van der Waals surface area contributed by atoms with Crippen LogP contribution in [0.4, 0.5) is 0 Å². The average Bonchev–Trinajstić information content (AvgIpc) is 2.61. The molecule has 0 aromatic heterocycles. The highest BCUT2D eigenvalue weighted by Crippen LogP contribution is 2.32. The fourth-order valence-electron chi connectivity index (χ4n) is 2.61. The van der Waals surface area contributed by atoms with Crippen LogP contribution in [0.5, 0.6) is 11.5 Å². The zero-order valence-corrected chi connectivity index (χ0v) is 14.6. The zero-order chi connectivity index (χ0) is 18.6. The molecule has 0 aliphatic carbocycles. The van der Waals surface area contributed by atoms with E-state index in [1.54, 1.807) is 26.4 Å². The molecule has 132 valence electrons. The first-order chi connectivity index (χ1) is 11.9. The van der Waals surface area contributed by atoms with Crippen LogP contribution < -0.4 is 14.8 Å². The Morgan fingerprint density at radius 1 is 1.04 bits per heavy atom. The molecule has 0 radical (unpaired) electrons. The van der Waals surface area contributed by atoms with E-state index in [0.717, 1.165) is 11.1 Å². The molecule has 2 N–H and O–H groups in total. The third kappa shape index (κ3) is 4.09. The van der Waals surface area contributed by atoms with Crippen LogP contribution in [0.1, 0.15) is 44.8 Å². The smallest absolute Gasteiger partial charge is 0.335 e. The van der Waals surface area contributed by atoms with E-state index in [2.05, 4.69) is 5.32 Å². The van der Waals surface area contributed by atoms with Crippen LogP contribution in [-0.2, 0) is 0 Å². The lowest BCUT2D eigenvalue weighted by Crippen LogP contribution is -2.27. The molecule has 25 heavy (non-hydrogen) atoms. The molecule has 1 atom stereocenters. The Labute approximate surface area is 146 Å². The fraction of sp³-hybridized carbons (Fsp3) is 0.263. The van der Waals surface area contributed by atoms with Gasteiger partial charge in [-0.3, -0.25) is 4.79 Å². The summed E-state index contributed by atoms with van der Waals surface area (Å²) in [6, 6.07) is 9.31. The summed E-state index contributed by atoms with van der Waals surface area (Å²) in [7, 11) is 3.12. The second-order valence-corrected chi connectivity index (χ2v) is 5.64. The highest BCUT2D eigenvalue weighted by Gasteiger charge is 2.17. The minimum Gasteiger partial charge on any atom is -0.493 e. The molecule has 2 rings (SSSR count). The number of rotatable bonds is 6. The van der Waals surface area contributed by atoms with Crippen molar-refractivity contribution >= 4 is 11.9 Å². The number of ether oxygens (including phenoxy) is 2. The normalized spacial score (nSPS) is 11.5. The van der Waals surface area contributed by atoms with Gasteiger partial charge in [0.1, 0.15) is 0 Å². The Morgan fingerprint density at radius 3 is 2.24 bits per heavy atom. The maximum atomic E-state index is 12.4. The van der Waals surface area contributed by atoms with Crippen molar-refractivity contribution in [3.63, 3.8) is 0 Å². The van der Waals surface area contributed by atoms with E-state index in [4.69, 9.17) is 14.6 Å². The van der Waals surface area contributed by atoms with E-state index in [1.165, 1.54) is 12.1 Å². The van der Waals surface area contributed by atoms with Gasteiger partial charge in [0.15, 0.2) is 11.5 Å². The number of amides is 1. The van der Waals surface area contributed by atoms with Crippen LogP contribution in [0.25, 0.3) is 0 Å². The van der Waals surface area contributed by atoms with Gasteiger partial charge in [0.25, 0.3) is 5.91 Å². The van der Waals surface area contributed by atoms with Crippen molar-refractivity contribution in [3.05, 3.63) is 58.7 Å². The van der Waals surface area contributed by atoms with E-state index < -0.39 is 5.97 Å². The predicted molar refractivity (Wildman–Crippen MR) is 93.6 cm³/mol. The molecule has 0 spiro atoms. The monoisotopic (exact) mass is 343 g/mol. The summed E-state index contributed by atoms with van der Waals surface area (Å²) in [5.74, 6) is -0.211. The zero-order valence-electron chi connectivity index (χ0n) is 14.6. The number of aryl methyl sites for hydroxylation is 1. The molecule has 0 heterocycles. The maximum absolute atomic E-state index is 12.4. The first kappa shape index (κ1) is 18.3. The van der Waals surface area contributed by atoms with Crippen molar-refractivity contribution in [2.75, 3.05) is 14.2 Å². The van der Waals surface area contributed by atoms with E-state index in [9.17, 15) is 9.59 Å². The molecular weight excluding hydrogens is 322 g/mol. The SMILES string of the molecule is COc1cc(C)c(C(C)NC(=O)c2cccc(C(=O)O)c2)cc1OC. The van der Waals surface area contributed by atoms with E-state index >= 15 is 0 Å². The molecule has 0 fully saturated rings. The highest BCUT2D eigenvalue weighted by atomic mass is 16.5. The molecule has 0 saturated carbocycles. The van der Waals surface area contributed by atoms with Gasteiger partial charge in [0, 0.05) is 5.56 Å². The summed E-state index contributed by atoms with van der Waals surface area (Å²) in [5.41, 5.74) is 2.21. The standard InChI is InChI=1S/C19H21NO5/c1-11-8-16(24-3)17(25-4)10-15(11)12(2)20-18(21)13-6-5-7-14(9-13)19(22)23/h5-10,12H,1-4H3,(H,20,21)(H,22,23). The molecule has 1 unspecified atom stereocenters. The third-order valence-electron chi connectivity index (χ3n) is 3.96. The van der Waals surface area contributed by atoms with Gasteiger partial charge in [-0.2, -0.15) is 0 Å². The van der Waals surface area contributed by atoms with Crippen LogP contribution in [0.15, 0.2) is 36.4 Å². The number of nitrogens with one attached hydrogen (secondary N) is 1. The Bertz CT molecular complexity index is 800. The molecular formula is C19H21NO5. The van der Waals surface area contributed by atoms with Gasteiger partial charge < -0.3 is 19.9 Å². The van der Waals surface area contributed by atoms with Crippen molar-refractivity contribution in [1.29, 1.82) is 0 Å². The summed E-state index contributed by atoms with van der Waals surface area (Å²) in [5, 5.41) is 11.9. The Kier molecular flexibility index (Phi) is 5.64. The number of aromatic carboxylic acids is 1. The Morgan fingerprint density at radius 2 is 1.64 bits per heavy atom. The summed E-state index contributed by atoms with van der Waals surface area (Å²) < 4.78 is 10.6. The second kappa shape index (κ2) is 7.70. The van der Waals surface area contributed by atoms with Gasteiger partial charge in [-0.15, -0.1) is 0 Å². The van der Waals surface area contributed by atoms with Crippen LogP contribution in [0.2, 0.25) is 0 Å². The summed E-state index contributed by atoms with van der Waals surface area (Å²) in [6.45, 7) is 3.78. The molecule has 0 bridgehead atoms. The minimum absolute atomic E-state index is 0.0719. The number of methoxy groups -OCH3 is 2. The van der Waals surface area contributed by atoms with Gasteiger partial charge in [-0.05, 0) is 55.3 Å². The van der Waals surface area contributed by atoms with E-state index in [-0.39, 0.29) is 17.5 Å². The summed E-state index contributed by atoms with van der Waals surface area (Å²) >= 11 is 0. The molecule has 2 aromatic rings. The highest BCUT2D eigenvalue weighted by molar-refractivity contribution is 5.97. The lowest BCUT2D eigenvalue weighted by molar-refractivity contribution is 0.0697. The second-order valence-electron chi connectivity index (χ2n) is 5.64. The fourth-order valence-corrected chi connectivity index (χ4v) is 2.61. The Balaban J connectivity index is 2.24. The van der Waals surface area contributed by atoms with E-state index in [1.807, 2.05) is 26.0 Å². The van der Waals surface area contributed by atoms with Gasteiger partial charge in [0.05, 0.1) is 25.8 Å². The van der Waals surface area contributed by atoms with Crippen LogP contribution in [0.3, 0.4) is 0 Å². The van der Waals surface area contributed by atoms with Crippen molar-refractivity contribution in [2.45, 2.75) is 19.9 Å². The minimum atomic E-state index is -1.07. The van der Waals surface area contributed by atoms with Gasteiger partial charge in [0.2, 0.25) is 0 Å². The quantitative estimate of drug-likeness (QED) is 0.841. The lowest BCUT2D eigenvalue weighted by atomic mass is 10.0. The van der Waals surface area contributed by atoms with Crippen molar-refractivity contribution < 1.29 is 24.2 Å². The molecule has 0 aliphatic rings. The van der Waals surface area contributed by atoms with Gasteiger partial charge >= 0.3 is 5.97 Å². The van der Waals surface area contributed by atoms with Gasteiger partial charge in [-0.1, -0.05) is 6.07 Å². The number of carbonyl (C=O) groups excluding carboxylic acids is 1. The number of carboxylic acid groups (broad SMARTS) is 1. The molecule has 1 amide bonds. The summed E-state index contributed by atoms with van der Waals surface area (Å²) in [6.07, 6.45) is 0. The van der Waals surface area contributed by atoms with Crippen LogP contribution in [-0.4, -0.2) is 31.2 Å². The lowest BCUT2D eigenvalue weighted by Gasteiger charge is -2.19. The molecule has 6 heteroatoms. The van der Waals surface area contributed by atoms with E-state index in [0.29, 0.717) is 17.1 Å². The number of carboxylic acids is 1. The number of hydrogen-bond donors (Lipinski definition) is 2. The third-order valence-corrected chi connectivity index (χ3v) is 3.96. The Hall–Kier alpha value is -3.02. The molecule has 6 nitrogen and oxygen atoms in total. The van der Waals surface area contributed by atoms with Crippen molar-refractivity contribution in [3.8, 4) is 11.5 Å². The molecule has 0 aliphatic heterocycles. The number of carbonyl (C=O) groups is 2. The summed E-state index contributed by atoms with van der Waals surface area (Å²) in [4.78, 5) is 23.5. The number of benzene rings is 2.